The number of nitrogens with one attached hydrogen (secondary N) is 1. The summed E-state index contributed by atoms with van der Waals surface area (Å²) in [5.74, 6) is -0.747. The van der Waals surface area contributed by atoms with Crippen LogP contribution in [0.2, 0.25) is 0 Å². The number of amides is 1. The lowest BCUT2D eigenvalue weighted by molar-refractivity contribution is -0.141. The molecule has 1 heterocycles. The summed E-state index contributed by atoms with van der Waals surface area (Å²) >= 11 is 0. The van der Waals surface area contributed by atoms with Crippen LogP contribution in [0.25, 0.3) is 0 Å². The van der Waals surface area contributed by atoms with Gasteiger partial charge in [0.05, 0.1) is 12.5 Å². The third-order valence-corrected chi connectivity index (χ3v) is 4.21. The molecule has 5 nitrogen and oxygen atoms in total. The van der Waals surface area contributed by atoms with Crippen molar-refractivity contribution in [3.05, 3.63) is 0 Å². The fourth-order valence-electron chi connectivity index (χ4n) is 2.87. The lowest BCUT2D eigenvalue weighted by Crippen LogP contribution is -2.57. The van der Waals surface area contributed by atoms with Gasteiger partial charge in [-0.15, -0.1) is 0 Å². The van der Waals surface area contributed by atoms with Gasteiger partial charge in [-0.05, 0) is 37.6 Å². The van der Waals surface area contributed by atoms with Crippen LogP contribution in [0.4, 0.5) is 0 Å². The lowest BCUT2D eigenvalue weighted by Gasteiger charge is -2.41. The topological polar surface area (TPSA) is 69.6 Å². The van der Waals surface area contributed by atoms with E-state index in [0.29, 0.717) is 6.54 Å². The number of hydrogen-bond donors (Lipinski definition) is 2. The van der Waals surface area contributed by atoms with Crippen LogP contribution in [0, 0.1) is 5.41 Å². The van der Waals surface area contributed by atoms with E-state index in [9.17, 15) is 9.59 Å². The van der Waals surface area contributed by atoms with Gasteiger partial charge in [0, 0.05) is 12.6 Å². The van der Waals surface area contributed by atoms with E-state index in [4.69, 9.17) is 5.11 Å². The highest BCUT2D eigenvalue weighted by Crippen LogP contribution is 2.34. The normalized spacial score (nSPS) is 25.9. The Kier molecular flexibility index (Phi) is 4.13. The molecular weight excluding hydrogens is 244 g/mol. The highest BCUT2D eigenvalue weighted by molar-refractivity contribution is 5.84. The number of aliphatic carboxylic acids is 1. The molecule has 108 valence electrons. The molecule has 1 amide bonds. The summed E-state index contributed by atoms with van der Waals surface area (Å²) in [6, 6.07) is 0.0991. The summed E-state index contributed by atoms with van der Waals surface area (Å²) in [5.41, 5.74) is -0.0499. The van der Waals surface area contributed by atoms with Crippen LogP contribution in [0.15, 0.2) is 0 Å². The summed E-state index contributed by atoms with van der Waals surface area (Å²) in [6.45, 7) is 5.44. The highest BCUT2D eigenvalue weighted by atomic mass is 16.4. The summed E-state index contributed by atoms with van der Waals surface area (Å²) in [7, 11) is 0. The van der Waals surface area contributed by atoms with Gasteiger partial charge in [0.2, 0.25) is 5.91 Å². The summed E-state index contributed by atoms with van der Waals surface area (Å²) in [5, 5.41) is 12.1. The van der Waals surface area contributed by atoms with Gasteiger partial charge in [-0.1, -0.05) is 13.8 Å². The minimum atomic E-state index is -0.839. The molecule has 1 saturated heterocycles. The molecule has 2 aliphatic rings. The van der Waals surface area contributed by atoms with E-state index in [2.05, 4.69) is 19.2 Å². The molecule has 0 radical (unpaired) electrons. The van der Waals surface area contributed by atoms with E-state index in [1.54, 1.807) is 4.90 Å². The SMILES string of the molecule is CC1(C)CCCNC1C(=O)N(CCC(=O)O)C1CC1. The van der Waals surface area contributed by atoms with E-state index in [1.807, 2.05) is 0 Å². The summed E-state index contributed by atoms with van der Waals surface area (Å²) in [4.78, 5) is 25.2. The van der Waals surface area contributed by atoms with Crippen LogP contribution in [0.5, 0.6) is 0 Å². The third kappa shape index (κ3) is 3.47. The highest BCUT2D eigenvalue weighted by Gasteiger charge is 2.42. The standard InChI is InChI=1S/C14H24N2O3/c1-14(2)7-3-8-15-12(14)13(19)16(10-4-5-10)9-6-11(17)18/h10,12,15H,3-9H2,1-2H3,(H,17,18). The van der Waals surface area contributed by atoms with Gasteiger partial charge in [-0.2, -0.15) is 0 Å². The number of nitrogens with zero attached hydrogens (tertiary/aromatic N) is 1. The first-order valence-corrected chi connectivity index (χ1v) is 7.17. The van der Waals surface area contributed by atoms with Gasteiger partial charge < -0.3 is 15.3 Å². The van der Waals surface area contributed by atoms with E-state index in [-0.39, 0.29) is 29.8 Å². The van der Waals surface area contributed by atoms with E-state index in [1.165, 1.54) is 0 Å². The predicted molar refractivity (Wildman–Crippen MR) is 71.8 cm³/mol. The number of carbonyl (C=O) groups excluding carboxylic acids is 1. The maximum absolute atomic E-state index is 12.7. The van der Waals surface area contributed by atoms with Crippen molar-refractivity contribution in [2.75, 3.05) is 13.1 Å². The zero-order valence-corrected chi connectivity index (χ0v) is 11.8. The zero-order chi connectivity index (χ0) is 14.0. The van der Waals surface area contributed by atoms with Gasteiger partial charge >= 0.3 is 5.97 Å². The van der Waals surface area contributed by atoms with Gasteiger partial charge in [0.15, 0.2) is 0 Å². The molecule has 1 atom stereocenters. The Hall–Kier alpha value is -1.10. The number of rotatable bonds is 5. The largest absolute Gasteiger partial charge is 0.481 e. The van der Waals surface area contributed by atoms with Gasteiger partial charge in [-0.25, -0.2) is 0 Å². The van der Waals surface area contributed by atoms with Gasteiger partial charge in [0.1, 0.15) is 0 Å². The molecule has 2 fully saturated rings. The molecule has 2 N–H and O–H groups in total. The molecule has 5 heteroatoms. The second-order valence-electron chi connectivity index (χ2n) is 6.39. The average Bonchev–Trinajstić information content (AvgIpc) is 3.12. The number of carboxylic acid groups (broad SMARTS) is 1. The maximum atomic E-state index is 12.7. The molecule has 2 rings (SSSR count). The first kappa shape index (κ1) is 14.3. The van der Waals surface area contributed by atoms with Crippen molar-refractivity contribution in [2.24, 2.45) is 5.41 Å². The second-order valence-corrected chi connectivity index (χ2v) is 6.39. The molecule has 0 aromatic heterocycles. The quantitative estimate of drug-likeness (QED) is 0.787. The summed E-state index contributed by atoms with van der Waals surface area (Å²) in [6.07, 6.45) is 4.19. The van der Waals surface area contributed by atoms with Crippen molar-refractivity contribution in [2.45, 2.75) is 58.0 Å². The van der Waals surface area contributed by atoms with Gasteiger partial charge in [-0.3, -0.25) is 9.59 Å². The average molecular weight is 268 g/mol. The number of piperidine rings is 1. The molecule has 0 spiro atoms. The van der Waals surface area contributed by atoms with Crippen LogP contribution in [0.1, 0.15) is 46.0 Å². The Morgan fingerprint density at radius 3 is 2.58 bits per heavy atom. The van der Waals surface area contributed by atoms with Crippen molar-refractivity contribution in [1.29, 1.82) is 0 Å². The fraction of sp³-hybridized carbons (Fsp3) is 0.857. The van der Waals surface area contributed by atoms with Crippen molar-refractivity contribution >= 4 is 11.9 Å². The van der Waals surface area contributed by atoms with E-state index < -0.39 is 5.97 Å². The van der Waals surface area contributed by atoms with Crippen LogP contribution in [-0.4, -0.2) is 47.1 Å². The fourth-order valence-corrected chi connectivity index (χ4v) is 2.87. The summed E-state index contributed by atoms with van der Waals surface area (Å²) < 4.78 is 0. The molecule has 1 aliphatic heterocycles. The number of carboxylic acids is 1. The molecule has 1 aliphatic carbocycles. The van der Waals surface area contributed by atoms with Crippen LogP contribution >= 0.6 is 0 Å². The van der Waals surface area contributed by atoms with E-state index >= 15 is 0 Å². The minimum Gasteiger partial charge on any atom is -0.481 e. The van der Waals surface area contributed by atoms with Crippen LogP contribution in [0.3, 0.4) is 0 Å². The van der Waals surface area contributed by atoms with Crippen molar-refractivity contribution < 1.29 is 14.7 Å². The molecule has 1 saturated carbocycles. The number of hydrogen-bond acceptors (Lipinski definition) is 3. The third-order valence-electron chi connectivity index (χ3n) is 4.21. The smallest absolute Gasteiger partial charge is 0.305 e. The minimum absolute atomic E-state index is 0.0371. The monoisotopic (exact) mass is 268 g/mol. The van der Waals surface area contributed by atoms with E-state index in [0.717, 1.165) is 32.2 Å². The molecule has 0 aromatic carbocycles. The molecule has 0 bridgehead atoms. The second kappa shape index (κ2) is 5.49. The zero-order valence-electron chi connectivity index (χ0n) is 11.8. The van der Waals surface area contributed by atoms with Crippen molar-refractivity contribution in [1.82, 2.24) is 10.2 Å². The first-order chi connectivity index (χ1) is 8.92. The Morgan fingerprint density at radius 1 is 1.37 bits per heavy atom. The molecule has 19 heavy (non-hydrogen) atoms. The molecular formula is C14H24N2O3. The predicted octanol–water partition coefficient (Wildman–Crippen LogP) is 1.23. The van der Waals surface area contributed by atoms with Crippen LogP contribution in [-0.2, 0) is 9.59 Å². The Labute approximate surface area is 114 Å². The van der Waals surface area contributed by atoms with Crippen molar-refractivity contribution in [3.8, 4) is 0 Å². The molecule has 1 unspecified atom stereocenters. The van der Waals surface area contributed by atoms with Crippen LogP contribution < -0.4 is 5.32 Å². The lowest BCUT2D eigenvalue weighted by atomic mass is 9.77. The Bertz CT molecular complexity index is 364. The van der Waals surface area contributed by atoms with Crippen molar-refractivity contribution in [3.63, 3.8) is 0 Å². The Balaban J connectivity index is 2.03. The Morgan fingerprint density at radius 2 is 2.05 bits per heavy atom. The first-order valence-electron chi connectivity index (χ1n) is 7.17. The van der Waals surface area contributed by atoms with Gasteiger partial charge in [0.25, 0.3) is 0 Å². The maximum Gasteiger partial charge on any atom is 0.305 e. The molecule has 0 aromatic rings. The number of carbonyl (C=O) groups is 2.